The molecule has 0 saturated heterocycles. The van der Waals surface area contributed by atoms with Gasteiger partial charge in [0.15, 0.2) is 5.69 Å². The Kier molecular flexibility index (Phi) is 5.29. The molecule has 0 radical (unpaired) electrons. The topological polar surface area (TPSA) is 79.5 Å². The average Bonchev–Trinajstić information content (AvgIpc) is 2.39. The fourth-order valence-electron chi connectivity index (χ4n) is 1.73. The fraction of sp³-hybridized carbons (Fsp3) is 0.462. The summed E-state index contributed by atoms with van der Waals surface area (Å²) in [5.74, 6) is -0.436. The zero-order chi connectivity index (χ0) is 14.4. The molecule has 6 nitrogen and oxygen atoms in total. The van der Waals surface area contributed by atoms with Gasteiger partial charge >= 0.3 is 0 Å². The first-order chi connectivity index (χ1) is 9.01. The predicted octanol–water partition coefficient (Wildman–Crippen LogP) is 0.604. The predicted molar refractivity (Wildman–Crippen MR) is 73.5 cm³/mol. The summed E-state index contributed by atoms with van der Waals surface area (Å²) in [4.78, 5) is 31.0. The summed E-state index contributed by atoms with van der Waals surface area (Å²) in [6, 6.07) is 3.27. The summed E-state index contributed by atoms with van der Waals surface area (Å²) >= 11 is 0. The summed E-state index contributed by atoms with van der Waals surface area (Å²) in [5, 5.41) is 0. The van der Waals surface area contributed by atoms with Crippen molar-refractivity contribution in [3.8, 4) is 0 Å². The number of aromatic nitrogens is 1. The minimum absolute atomic E-state index is 0.0243. The zero-order valence-electron chi connectivity index (χ0n) is 11.6. The second-order valence-electron chi connectivity index (χ2n) is 4.17. The van der Waals surface area contributed by atoms with Crippen LogP contribution in [0.2, 0.25) is 0 Å². The van der Waals surface area contributed by atoms with Gasteiger partial charge in [-0.1, -0.05) is 0 Å². The van der Waals surface area contributed by atoms with Crippen LogP contribution in [0.25, 0.3) is 0 Å². The molecule has 0 aromatic carbocycles. The van der Waals surface area contributed by atoms with Crippen LogP contribution >= 0.6 is 0 Å². The normalized spacial score (nSPS) is 10.1. The van der Waals surface area contributed by atoms with E-state index in [1.54, 1.807) is 24.1 Å². The highest BCUT2D eigenvalue weighted by atomic mass is 16.2. The Morgan fingerprint density at radius 3 is 2.47 bits per heavy atom. The van der Waals surface area contributed by atoms with Crippen LogP contribution in [0, 0.1) is 0 Å². The molecule has 0 aliphatic carbocycles. The van der Waals surface area contributed by atoms with Gasteiger partial charge < -0.3 is 15.5 Å². The van der Waals surface area contributed by atoms with Gasteiger partial charge in [-0.25, -0.2) is 4.98 Å². The Morgan fingerprint density at radius 1 is 1.32 bits per heavy atom. The number of hydrogen-bond donors (Lipinski definition) is 1. The highest BCUT2D eigenvalue weighted by Crippen LogP contribution is 2.09. The van der Waals surface area contributed by atoms with Gasteiger partial charge in [-0.05, 0) is 26.0 Å². The Labute approximate surface area is 113 Å². The third-order valence-electron chi connectivity index (χ3n) is 2.88. The summed E-state index contributed by atoms with van der Waals surface area (Å²) in [7, 11) is 1.57. The average molecular weight is 264 g/mol. The molecule has 0 aliphatic rings. The van der Waals surface area contributed by atoms with Crippen molar-refractivity contribution in [3.63, 3.8) is 0 Å². The second-order valence-corrected chi connectivity index (χ2v) is 4.17. The number of rotatable bonds is 5. The molecule has 1 aromatic heterocycles. The van der Waals surface area contributed by atoms with Crippen molar-refractivity contribution in [1.82, 2.24) is 14.8 Å². The number of carbonyl (C=O) groups excluding carboxylic acids is 2. The van der Waals surface area contributed by atoms with Crippen molar-refractivity contribution >= 4 is 17.5 Å². The fourth-order valence-corrected chi connectivity index (χ4v) is 1.73. The molecule has 2 amide bonds. The van der Waals surface area contributed by atoms with Crippen LogP contribution in [0.5, 0.6) is 0 Å². The van der Waals surface area contributed by atoms with Crippen molar-refractivity contribution in [2.75, 3.05) is 32.4 Å². The molecule has 0 saturated carbocycles. The number of hydrogen-bond acceptors (Lipinski definition) is 4. The zero-order valence-corrected chi connectivity index (χ0v) is 11.6. The van der Waals surface area contributed by atoms with Gasteiger partial charge in [0.25, 0.3) is 5.91 Å². The highest BCUT2D eigenvalue weighted by Gasteiger charge is 2.20. The molecule has 0 unspecified atom stereocenters. The Morgan fingerprint density at radius 2 is 1.95 bits per heavy atom. The maximum atomic E-state index is 12.1. The molecule has 6 heteroatoms. The largest absolute Gasteiger partial charge is 0.397 e. The number of carbonyl (C=O) groups is 2. The quantitative estimate of drug-likeness (QED) is 0.844. The number of pyridine rings is 1. The molecule has 0 aliphatic heterocycles. The molecule has 0 fully saturated rings. The van der Waals surface area contributed by atoms with Gasteiger partial charge in [0.1, 0.15) is 0 Å². The van der Waals surface area contributed by atoms with E-state index in [-0.39, 0.29) is 24.1 Å². The van der Waals surface area contributed by atoms with Gasteiger partial charge in [-0.3, -0.25) is 9.59 Å². The van der Waals surface area contributed by atoms with E-state index in [2.05, 4.69) is 4.98 Å². The maximum Gasteiger partial charge on any atom is 0.274 e. The number of amides is 2. The number of likely N-dealkylation sites (N-methyl/N-ethyl adjacent to an activating group) is 2. The number of nitrogens with zero attached hydrogens (tertiary/aromatic N) is 3. The molecule has 2 N–H and O–H groups in total. The molecular weight excluding hydrogens is 244 g/mol. The van der Waals surface area contributed by atoms with Crippen LogP contribution < -0.4 is 5.73 Å². The molecule has 0 atom stereocenters. The number of nitrogens with two attached hydrogens (primary N) is 1. The summed E-state index contributed by atoms with van der Waals surface area (Å²) in [5.41, 5.74) is 6.19. The van der Waals surface area contributed by atoms with Crippen LogP contribution in [0.4, 0.5) is 5.69 Å². The molecule has 1 rings (SSSR count). The van der Waals surface area contributed by atoms with E-state index in [0.29, 0.717) is 18.8 Å². The highest BCUT2D eigenvalue weighted by molar-refractivity contribution is 5.98. The van der Waals surface area contributed by atoms with E-state index in [4.69, 9.17) is 5.73 Å². The summed E-state index contributed by atoms with van der Waals surface area (Å²) in [6.07, 6.45) is 1.50. The van der Waals surface area contributed by atoms with Gasteiger partial charge in [0.2, 0.25) is 5.91 Å². The van der Waals surface area contributed by atoms with Crippen molar-refractivity contribution in [2.24, 2.45) is 0 Å². The molecule has 0 bridgehead atoms. The minimum Gasteiger partial charge on any atom is -0.397 e. The standard InChI is InChI=1S/C13H20N4O2/c1-4-17(5-2)11(18)9-16(3)13(19)12-10(14)7-6-8-15-12/h6-8H,4-5,9,14H2,1-3H3. The van der Waals surface area contributed by atoms with Gasteiger partial charge in [0.05, 0.1) is 12.2 Å². The molecule has 19 heavy (non-hydrogen) atoms. The van der Waals surface area contributed by atoms with E-state index in [9.17, 15) is 9.59 Å². The van der Waals surface area contributed by atoms with E-state index >= 15 is 0 Å². The van der Waals surface area contributed by atoms with Gasteiger partial charge in [0, 0.05) is 26.3 Å². The lowest BCUT2D eigenvalue weighted by Crippen LogP contribution is -2.41. The lowest BCUT2D eigenvalue weighted by molar-refractivity contribution is -0.131. The van der Waals surface area contributed by atoms with Crippen LogP contribution in [0.3, 0.4) is 0 Å². The molecule has 1 heterocycles. The number of anilines is 1. The first kappa shape index (κ1) is 14.9. The molecular formula is C13H20N4O2. The van der Waals surface area contributed by atoms with E-state index in [1.165, 1.54) is 11.1 Å². The maximum absolute atomic E-state index is 12.1. The van der Waals surface area contributed by atoms with Crippen LogP contribution in [0.1, 0.15) is 24.3 Å². The van der Waals surface area contributed by atoms with Crippen LogP contribution in [-0.4, -0.2) is 53.3 Å². The van der Waals surface area contributed by atoms with Crippen molar-refractivity contribution in [3.05, 3.63) is 24.0 Å². The third-order valence-corrected chi connectivity index (χ3v) is 2.88. The van der Waals surface area contributed by atoms with Crippen molar-refractivity contribution < 1.29 is 9.59 Å². The SMILES string of the molecule is CCN(CC)C(=O)CN(C)C(=O)c1ncccc1N. The van der Waals surface area contributed by atoms with Crippen molar-refractivity contribution in [1.29, 1.82) is 0 Å². The molecule has 1 aromatic rings. The Bertz CT molecular complexity index is 458. The lowest BCUT2D eigenvalue weighted by atomic mass is 10.2. The van der Waals surface area contributed by atoms with Crippen LogP contribution in [0.15, 0.2) is 18.3 Å². The lowest BCUT2D eigenvalue weighted by Gasteiger charge is -2.23. The summed E-state index contributed by atoms with van der Waals surface area (Å²) < 4.78 is 0. The summed E-state index contributed by atoms with van der Waals surface area (Å²) in [6.45, 7) is 5.09. The third kappa shape index (κ3) is 3.67. The number of nitrogen functional groups attached to an aromatic ring is 1. The van der Waals surface area contributed by atoms with Crippen molar-refractivity contribution in [2.45, 2.75) is 13.8 Å². The monoisotopic (exact) mass is 264 g/mol. The molecule has 0 spiro atoms. The first-order valence-electron chi connectivity index (χ1n) is 6.24. The molecule has 104 valence electrons. The Hall–Kier alpha value is -2.11. The second kappa shape index (κ2) is 6.72. The van der Waals surface area contributed by atoms with E-state index in [1.807, 2.05) is 13.8 Å². The van der Waals surface area contributed by atoms with Gasteiger partial charge in [-0.2, -0.15) is 0 Å². The Balaban J connectivity index is 2.74. The van der Waals surface area contributed by atoms with E-state index < -0.39 is 0 Å². The smallest absolute Gasteiger partial charge is 0.274 e. The van der Waals surface area contributed by atoms with Gasteiger partial charge in [-0.15, -0.1) is 0 Å². The van der Waals surface area contributed by atoms with Crippen LogP contribution in [-0.2, 0) is 4.79 Å². The first-order valence-corrected chi connectivity index (χ1v) is 6.24. The van der Waals surface area contributed by atoms with E-state index in [0.717, 1.165) is 0 Å². The minimum atomic E-state index is -0.349.